The summed E-state index contributed by atoms with van der Waals surface area (Å²) in [5, 5.41) is 4.24. The van der Waals surface area contributed by atoms with Crippen LogP contribution in [0.2, 0.25) is 0 Å². The number of nitrogen functional groups attached to an aromatic ring is 1. The Labute approximate surface area is 118 Å². The zero-order valence-electron chi connectivity index (χ0n) is 11.8. The van der Waals surface area contributed by atoms with Crippen LogP contribution >= 0.6 is 0 Å². The minimum absolute atomic E-state index is 0.00199. The molecule has 2 N–H and O–H groups in total. The lowest BCUT2D eigenvalue weighted by Gasteiger charge is -2.29. The molecule has 0 spiro atoms. The van der Waals surface area contributed by atoms with E-state index in [0.29, 0.717) is 11.3 Å². The fourth-order valence-electron chi connectivity index (χ4n) is 2.76. The predicted octanol–water partition coefficient (Wildman–Crippen LogP) is 1.90. The molecule has 1 aliphatic heterocycles. The van der Waals surface area contributed by atoms with E-state index in [1.54, 1.807) is 10.9 Å². The van der Waals surface area contributed by atoms with E-state index in [1.807, 2.05) is 37.1 Å². The van der Waals surface area contributed by atoms with Crippen molar-refractivity contribution in [3.63, 3.8) is 0 Å². The van der Waals surface area contributed by atoms with E-state index in [4.69, 9.17) is 5.73 Å². The number of fused-ring (bicyclic) bond motifs is 1. The molecule has 1 aromatic carbocycles. The monoisotopic (exact) mass is 270 g/mol. The second-order valence-electron chi connectivity index (χ2n) is 5.25. The molecule has 0 radical (unpaired) electrons. The van der Waals surface area contributed by atoms with Gasteiger partial charge in [0.15, 0.2) is 0 Å². The molecule has 0 fully saturated rings. The predicted molar refractivity (Wildman–Crippen MR) is 78.8 cm³/mol. The Hall–Kier alpha value is -2.30. The molecule has 2 heterocycles. The van der Waals surface area contributed by atoms with Crippen LogP contribution in [-0.2, 0) is 13.5 Å². The molecule has 0 unspecified atom stereocenters. The van der Waals surface area contributed by atoms with Crippen LogP contribution in [0.25, 0.3) is 0 Å². The van der Waals surface area contributed by atoms with Crippen LogP contribution < -0.4 is 10.6 Å². The molecule has 1 aromatic heterocycles. The minimum Gasteiger partial charge on any atom is -0.399 e. The Balaban J connectivity index is 2.02. The maximum atomic E-state index is 12.7. The third-order valence-electron chi connectivity index (χ3n) is 3.72. The molecule has 0 aliphatic carbocycles. The Morgan fingerprint density at radius 1 is 1.40 bits per heavy atom. The van der Waals surface area contributed by atoms with Crippen molar-refractivity contribution in [2.45, 2.75) is 19.8 Å². The summed E-state index contributed by atoms with van der Waals surface area (Å²) in [7, 11) is 1.83. The number of hydrogen-bond acceptors (Lipinski definition) is 3. The fourth-order valence-corrected chi connectivity index (χ4v) is 2.76. The number of anilines is 2. The van der Waals surface area contributed by atoms with Crippen molar-refractivity contribution in [1.82, 2.24) is 9.78 Å². The number of amides is 1. The van der Waals surface area contributed by atoms with Crippen molar-refractivity contribution in [2.75, 3.05) is 17.2 Å². The number of nitrogens with zero attached hydrogens (tertiary/aromatic N) is 3. The van der Waals surface area contributed by atoms with Crippen LogP contribution in [0.3, 0.4) is 0 Å². The number of benzene rings is 1. The summed E-state index contributed by atoms with van der Waals surface area (Å²) in [6.07, 6.45) is 3.74. The zero-order valence-corrected chi connectivity index (χ0v) is 11.8. The first kappa shape index (κ1) is 12.7. The highest BCUT2D eigenvalue weighted by Gasteiger charge is 2.25. The van der Waals surface area contributed by atoms with Crippen molar-refractivity contribution < 1.29 is 4.79 Å². The second kappa shape index (κ2) is 4.67. The first-order chi connectivity index (χ1) is 9.56. The molecule has 1 aliphatic rings. The summed E-state index contributed by atoms with van der Waals surface area (Å²) in [4.78, 5) is 14.6. The standard InChI is InChI=1S/C15H18N4O/c1-10-13(9-18(2)17-10)15(20)19-7-3-4-11-5-6-12(16)8-14(11)19/h5-6,8-9H,3-4,7,16H2,1-2H3. The number of nitrogens with two attached hydrogens (primary N) is 1. The van der Waals surface area contributed by atoms with Crippen molar-refractivity contribution in [2.24, 2.45) is 7.05 Å². The first-order valence-electron chi connectivity index (χ1n) is 6.77. The van der Waals surface area contributed by atoms with Gasteiger partial charge >= 0.3 is 0 Å². The summed E-state index contributed by atoms with van der Waals surface area (Å²) in [5.74, 6) is 0.00199. The SMILES string of the molecule is Cc1nn(C)cc1C(=O)N1CCCc2ccc(N)cc21. The van der Waals surface area contributed by atoms with Gasteiger partial charge in [0.1, 0.15) is 0 Å². The quantitative estimate of drug-likeness (QED) is 0.805. The van der Waals surface area contributed by atoms with Gasteiger partial charge in [0.25, 0.3) is 5.91 Å². The van der Waals surface area contributed by atoms with Crippen LogP contribution in [0.5, 0.6) is 0 Å². The third-order valence-corrected chi connectivity index (χ3v) is 3.72. The molecule has 5 heteroatoms. The van der Waals surface area contributed by atoms with Crippen LogP contribution in [0.15, 0.2) is 24.4 Å². The lowest BCUT2D eigenvalue weighted by atomic mass is 10.0. The Morgan fingerprint density at radius 2 is 2.20 bits per heavy atom. The lowest BCUT2D eigenvalue weighted by Crippen LogP contribution is -2.35. The van der Waals surface area contributed by atoms with Crippen LogP contribution in [-0.4, -0.2) is 22.2 Å². The molecule has 104 valence electrons. The molecule has 0 atom stereocenters. The maximum absolute atomic E-state index is 12.7. The van der Waals surface area contributed by atoms with Crippen molar-refractivity contribution in [3.8, 4) is 0 Å². The van der Waals surface area contributed by atoms with Gasteiger partial charge in [0.05, 0.1) is 11.3 Å². The van der Waals surface area contributed by atoms with Gasteiger partial charge < -0.3 is 10.6 Å². The first-order valence-corrected chi connectivity index (χ1v) is 6.77. The van der Waals surface area contributed by atoms with Gasteiger partial charge in [0, 0.05) is 31.2 Å². The average Bonchev–Trinajstić information content (AvgIpc) is 2.76. The number of carbonyl (C=O) groups excluding carboxylic acids is 1. The summed E-state index contributed by atoms with van der Waals surface area (Å²) in [6.45, 7) is 2.58. The molecule has 0 saturated heterocycles. The fraction of sp³-hybridized carbons (Fsp3) is 0.333. The van der Waals surface area contributed by atoms with E-state index in [2.05, 4.69) is 5.10 Å². The van der Waals surface area contributed by atoms with Gasteiger partial charge in [-0.3, -0.25) is 9.48 Å². The molecule has 0 bridgehead atoms. The Bertz CT molecular complexity index is 675. The second-order valence-corrected chi connectivity index (χ2v) is 5.25. The lowest BCUT2D eigenvalue weighted by molar-refractivity contribution is 0.0984. The average molecular weight is 270 g/mol. The molecule has 5 nitrogen and oxygen atoms in total. The summed E-state index contributed by atoms with van der Waals surface area (Å²) in [5.41, 5.74) is 10.1. The van der Waals surface area contributed by atoms with Crippen molar-refractivity contribution in [1.29, 1.82) is 0 Å². The highest BCUT2D eigenvalue weighted by Crippen LogP contribution is 2.30. The summed E-state index contributed by atoms with van der Waals surface area (Å²) in [6, 6.07) is 5.79. The highest BCUT2D eigenvalue weighted by atomic mass is 16.2. The van der Waals surface area contributed by atoms with Crippen LogP contribution in [0.4, 0.5) is 11.4 Å². The van der Waals surface area contributed by atoms with E-state index in [1.165, 1.54) is 5.56 Å². The van der Waals surface area contributed by atoms with Crippen LogP contribution in [0.1, 0.15) is 28.0 Å². The van der Waals surface area contributed by atoms with Gasteiger partial charge in [-0.15, -0.1) is 0 Å². The van der Waals surface area contributed by atoms with Gasteiger partial charge in [0.2, 0.25) is 0 Å². The molecule has 1 amide bonds. The number of aromatic nitrogens is 2. The van der Waals surface area contributed by atoms with Crippen molar-refractivity contribution in [3.05, 3.63) is 41.2 Å². The molecule has 3 rings (SSSR count). The number of carbonyl (C=O) groups is 1. The van der Waals surface area contributed by atoms with Gasteiger partial charge in [-0.05, 0) is 37.5 Å². The largest absolute Gasteiger partial charge is 0.399 e. The van der Waals surface area contributed by atoms with E-state index < -0.39 is 0 Å². The molecule has 0 saturated carbocycles. The molecular formula is C15H18N4O. The molecule has 20 heavy (non-hydrogen) atoms. The van der Waals surface area contributed by atoms with E-state index in [0.717, 1.165) is 30.8 Å². The van der Waals surface area contributed by atoms with Crippen molar-refractivity contribution >= 4 is 17.3 Å². The van der Waals surface area contributed by atoms with Gasteiger partial charge in [-0.1, -0.05) is 6.07 Å². The zero-order chi connectivity index (χ0) is 14.3. The minimum atomic E-state index is 0.00199. The topological polar surface area (TPSA) is 64.2 Å². The number of rotatable bonds is 1. The Morgan fingerprint density at radius 3 is 2.90 bits per heavy atom. The van der Waals surface area contributed by atoms with E-state index >= 15 is 0 Å². The smallest absolute Gasteiger partial charge is 0.261 e. The highest BCUT2D eigenvalue weighted by molar-refractivity contribution is 6.07. The molecule has 2 aromatic rings. The number of aryl methyl sites for hydroxylation is 3. The van der Waals surface area contributed by atoms with E-state index in [9.17, 15) is 4.79 Å². The van der Waals surface area contributed by atoms with Gasteiger partial charge in [-0.25, -0.2) is 0 Å². The summed E-state index contributed by atoms with van der Waals surface area (Å²) >= 11 is 0. The summed E-state index contributed by atoms with van der Waals surface area (Å²) < 4.78 is 1.67. The maximum Gasteiger partial charge on any atom is 0.261 e. The molecular weight excluding hydrogens is 252 g/mol. The van der Waals surface area contributed by atoms with E-state index in [-0.39, 0.29) is 5.91 Å². The third kappa shape index (κ3) is 2.05. The Kier molecular flexibility index (Phi) is 2.97. The van der Waals surface area contributed by atoms with Crippen LogP contribution in [0, 0.1) is 6.92 Å². The number of hydrogen-bond donors (Lipinski definition) is 1. The van der Waals surface area contributed by atoms with Gasteiger partial charge in [-0.2, -0.15) is 5.10 Å². The normalized spacial score (nSPS) is 14.2.